The molecule has 3 N–H and O–H groups in total. The van der Waals surface area contributed by atoms with Crippen molar-refractivity contribution in [2.24, 2.45) is 0 Å². The zero-order chi connectivity index (χ0) is 10.0. The molecule has 0 aromatic heterocycles. The van der Waals surface area contributed by atoms with Crippen LogP contribution >= 0.6 is 23.2 Å². The maximum absolute atomic E-state index is 11.1. The van der Waals surface area contributed by atoms with Crippen molar-refractivity contribution in [1.29, 1.82) is 0 Å². The summed E-state index contributed by atoms with van der Waals surface area (Å²) in [4.78, 5) is 11.1. The molecular formula is C8H7Cl2NO2. The number of aromatic hydroxyl groups is 1. The van der Waals surface area contributed by atoms with E-state index in [-0.39, 0.29) is 33.7 Å². The number of halogens is 2. The second kappa shape index (κ2) is 3.85. The van der Waals surface area contributed by atoms with Crippen LogP contribution in [0.5, 0.6) is 5.75 Å². The van der Waals surface area contributed by atoms with Gasteiger partial charge in [-0.3, -0.25) is 4.79 Å². The highest BCUT2D eigenvalue weighted by molar-refractivity contribution is 6.34. The van der Waals surface area contributed by atoms with Crippen LogP contribution in [-0.2, 0) is 0 Å². The number of Topliss-reactive ketones (excluding diaryl/α,β-unsaturated/α-hetero) is 1. The van der Waals surface area contributed by atoms with Gasteiger partial charge >= 0.3 is 0 Å². The highest BCUT2D eigenvalue weighted by atomic mass is 35.5. The smallest absolute Gasteiger partial charge is 0.181 e. The van der Waals surface area contributed by atoms with Crippen molar-refractivity contribution in [3.63, 3.8) is 0 Å². The van der Waals surface area contributed by atoms with Gasteiger partial charge < -0.3 is 10.8 Å². The van der Waals surface area contributed by atoms with Gasteiger partial charge in [-0.05, 0) is 6.07 Å². The Balaban J connectivity index is 3.23. The molecule has 5 heteroatoms. The average Bonchev–Trinajstić information content (AvgIpc) is 2.10. The van der Waals surface area contributed by atoms with E-state index in [0.717, 1.165) is 0 Å². The van der Waals surface area contributed by atoms with Gasteiger partial charge in [0.15, 0.2) is 5.78 Å². The molecule has 0 aliphatic carbocycles. The van der Waals surface area contributed by atoms with Gasteiger partial charge in [0, 0.05) is 6.07 Å². The lowest BCUT2D eigenvalue weighted by Gasteiger charge is -2.04. The molecule has 70 valence electrons. The number of hydrogen-bond acceptors (Lipinski definition) is 3. The minimum Gasteiger partial charge on any atom is -0.507 e. The van der Waals surface area contributed by atoms with E-state index >= 15 is 0 Å². The first-order valence-electron chi connectivity index (χ1n) is 3.43. The van der Waals surface area contributed by atoms with Crippen LogP contribution in [0.1, 0.15) is 10.4 Å². The fourth-order valence-electron chi connectivity index (χ4n) is 0.875. The first-order valence-corrected chi connectivity index (χ1v) is 4.34. The summed E-state index contributed by atoms with van der Waals surface area (Å²) in [5.74, 6) is -0.790. The third-order valence-electron chi connectivity index (χ3n) is 1.54. The van der Waals surface area contributed by atoms with E-state index < -0.39 is 0 Å². The number of ketones is 1. The lowest BCUT2D eigenvalue weighted by Crippen LogP contribution is -2.02. The molecule has 0 amide bonds. The molecule has 1 aromatic carbocycles. The van der Waals surface area contributed by atoms with E-state index in [4.69, 9.17) is 28.9 Å². The Labute approximate surface area is 85.1 Å². The third kappa shape index (κ3) is 2.05. The number of phenolic OH excluding ortho intramolecular Hbond substituents is 1. The summed E-state index contributed by atoms with van der Waals surface area (Å²) in [6.07, 6.45) is 0. The van der Waals surface area contributed by atoms with Crippen LogP contribution in [0.3, 0.4) is 0 Å². The Kier molecular flexibility index (Phi) is 3.01. The van der Waals surface area contributed by atoms with Gasteiger partial charge in [0.1, 0.15) is 5.75 Å². The van der Waals surface area contributed by atoms with Crippen LogP contribution in [0.4, 0.5) is 5.69 Å². The molecule has 0 unspecified atom stereocenters. The summed E-state index contributed by atoms with van der Waals surface area (Å²) in [5.41, 5.74) is 5.78. The summed E-state index contributed by atoms with van der Waals surface area (Å²) < 4.78 is 0. The van der Waals surface area contributed by atoms with E-state index in [1.807, 2.05) is 0 Å². The number of phenols is 1. The molecular weight excluding hydrogens is 213 g/mol. The van der Waals surface area contributed by atoms with Crippen molar-refractivity contribution < 1.29 is 9.90 Å². The van der Waals surface area contributed by atoms with Crippen molar-refractivity contribution in [3.05, 3.63) is 22.7 Å². The molecule has 3 nitrogen and oxygen atoms in total. The number of alkyl halides is 1. The zero-order valence-corrected chi connectivity index (χ0v) is 8.06. The standard InChI is InChI=1S/C8H7Cl2NO2/c9-3-8(13)4-1-6(11)5(10)2-7(4)12/h1-2,12H,3,11H2. The van der Waals surface area contributed by atoms with Crippen molar-refractivity contribution in [3.8, 4) is 5.75 Å². The number of nitrogen functional groups attached to an aromatic ring is 1. The number of nitrogens with two attached hydrogens (primary N) is 1. The Morgan fingerprint density at radius 1 is 1.54 bits per heavy atom. The molecule has 0 spiro atoms. The second-order valence-corrected chi connectivity index (χ2v) is 3.12. The lowest BCUT2D eigenvalue weighted by atomic mass is 10.1. The van der Waals surface area contributed by atoms with Gasteiger partial charge in [-0.15, -0.1) is 11.6 Å². The summed E-state index contributed by atoms with van der Waals surface area (Å²) in [6.45, 7) is 0. The van der Waals surface area contributed by atoms with E-state index in [1.54, 1.807) is 0 Å². The van der Waals surface area contributed by atoms with E-state index in [1.165, 1.54) is 12.1 Å². The topological polar surface area (TPSA) is 63.3 Å². The lowest BCUT2D eigenvalue weighted by molar-refractivity contribution is 0.101. The van der Waals surface area contributed by atoms with Gasteiger partial charge in [-0.1, -0.05) is 11.6 Å². The molecule has 0 heterocycles. The summed E-state index contributed by atoms with van der Waals surface area (Å²) in [6, 6.07) is 2.53. The Morgan fingerprint density at radius 3 is 2.69 bits per heavy atom. The van der Waals surface area contributed by atoms with Gasteiger partial charge in [-0.25, -0.2) is 0 Å². The van der Waals surface area contributed by atoms with Crippen LogP contribution in [0.15, 0.2) is 12.1 Å². The number of anilines is 1. The highest BCUT2D eigenvalue weighted by Crippen LogP contribution is 2.28. The molecule has 0 fully saturated rings. The monoisotopic (exact) mass is 219 g/mol. The number of benzene rings is 1. The van der Waals surface area contributed by atoms with Crippen molar-refractivity contribution >= 4 is 34.7 Å². The largest absolute Gasteiger partial charge is 0.507 e. The number of rotatable bonds is 2. The predicted octanol–water partition coefficient (Wildman–Crippen LogP) is 2.05. The molecule has 0 aliphatic rings. The summed E-state index contributed by atoms with van der Waals surface area (Å²) in [7, 11) is 0. The van der Waals surface area contributed by atoms with Crippen LogP contribution in [0.2, 0.25) is 5.02 Å². The van der Waals surface area contributed by atoms with Crippen molar-refractivity contribution in [2.45, 2.75) is 0 Å². The molecule has 1 rings (SSSR count). The van der Waals surface area contributed by atoms with Crippen molar-refractivity contribution in [1.82, 2.24) is 0 Å². The fraction of sp³-hybridized carbons (Fsp3) is 0.125. The first-order chi connectivity index (χ1) is 6.06. The maximum Gasteiger partial charge on any atom is 0.181 e. The maximum atomic E-state index is 11.1. The molecule has 0 aliphatic heterocycles. The Morgan fingerprint density at radius 2 is 2.15 bits per heavy atom. The molecule has 1 aromatic rings. The number of carbonyl (C=O) groups excluding carboxylic acids is 1. The zero-order valence-electron chi connectivity index (χ0n) is 6.55. The second-order valence-electron chi connectivity index (χ2n) is 2.45. The van der Waals surface area contributed by atoms with Crippen LogP contribution in [-0.4, -0.2) is 16.8 Å². The normalized spacial score (nSPS) is 10.0. The molecule has 0 bridgehead atoms. The molecule has 0 saturated heterocycles. The Bertz CT molecular complexity index is 352. The van der Waals surface area contributed by atoms with Crippen LogP contribution in [0, 0.1) is 0 Å². The minimum atomic E-state index is -0.387. The molecule has 0 saturated carbocycles. The predicted molar refractivity (Wildman–Crippen MR) is 52.6 cm³/mol. The quantitative estimate of drug-likeness (QED) is 0.347. The first kappa shape index (κ1) is 10.2. The van der Waals surface area contributed by atoms with Crippen LogP contribution in [0.25, 0.3) is 0 Å². The number of hydrogen-bond donors (Lipinski definition) is 2. The van der Waals surface area contributed by atoms with Gasteiger partial charge in [0.25, 0.3) is 0 Å². The SMILES string of the molecule is Nc1cc(C(=O)CCl)c(O)cc1Cl. The fourth-order valence-corrected chi connectivity index (χ4v) is 1.18. The summed E-state index contributed by atoms with van der Waals surface area (Å²) >= 11 is 10.9. The minimum absolute atomic E-state index is 0.0944. The average molecular weight is 220 g/mol. The Hall–Kier alpha value is -0.930. The van der Waals surface area contributed by atoms with Gasteiger partial charge in [-0.2, -0.15) is 0 Å². The van der Waals surface area contributed by atoms with E-state index in [0.29, 0.717) is 0 Å². The van der Waals surface area contributed by atoms with E-state index in [2.05, 4.69) is 0 Å². The van der Waals surface area contributed by atoms with Crippen molar-refractivity contribution in [2.75, 3.05) is 11.6 Å². The molecule has 13 heavy (non-hydrogen) atoms. The molecule has 0 radical (unpaired) electrons. The number of carbonyl (C=O) groups is 1. The van der Waals surface area contributed by atoms with Gasteiger partial charge in [0.05, 0.1) is 22.2 Å². The summed E-state index contributed by atoms with van der Waals surface area (Å²) in [5, 5.41) is 9.51. The molecule has 0 atom stereocenters. The van der Waals surface area contributed by atoms with E-state index in [9.17, 15) is 9.90 Å². The third-order valence-corrected chi connectivity index (χ3v) is 2.11. The van der Waals surface area contributed by atoms with Gasteiger partial charge in [0.2, 0.25) is 0 Å². The highest BCUT2D eigenvalue weighted by Gasteiger charge is 2.12. The van der Waals surface area contributed by atoms with Crippen LogP contribution < -0.4 is 5.73 Å².